The molecular formula is C19H19NO9S. The van der Waals surface area contributed by atoms with Crippen LogP contribution >= 0.6 is 0 Å². The highest BCUT2D eigenvalue weighted by Gasteiger charge is 2.18. The number of methoxy groups -OCH3 is 3. The Bertz CT molecular complexity index is 1140. The Hall–Kier alpha value is -3.41. The Balaban J connectivity index is 0.000000575. The summed E-state index contributed by atoms with van der Waals surface area (Å²) in [5, 5.41) is 11.0. The molecule has 160 valence electrons. The van der Waals surface area contributed by atoms with Crippen molar-refractivity contribution in [1.29, 1.82) is 0 Å². The maximum atomic E-state index is 11.4. The van der Waals surface area contributed by atoms with Gasteiger partial charge in [0.2, 0.25) is 5.75 Å². The third-order valence-electron chi connectivity index (χ3n) is 3.90. The fourth-order valence-corrected chi connectivity index (χ4v) is 2.75. The van der Waals surface area contributed by atoms with Crippen LogP contribution in [0.3, 0.4) is 0 Å². The van der Waals surface area contributed by atoms with Gasteiger partial charge in [-0.25, -0.2) is 9.78 Å². The molecule has 0 saturated carbocycles. The van der Waals surface area contributed by atoms with Crippen LogP contribution in [0.5, 0.6) is 17.2 Å². The number of carboxylic acids is 1. The van der Waals surface area contributed by atoms with Gasteiger partial charge in [0.15, 0.2) is 11.5 Å². The van der Waals surface area contributed by atoms with Gasteiger partial charge in [0, 0.05) is 10.9 Å². The van der Waals surface area contributed by atoms with Crippen LogP contribution < -0.4 is 14.2 Å². The van der Waals surface area contributed by atoms with Crippen molar-refractivity contribution in [2.45, 2.75) is 0 Å². The largest absolute Gasteiger partial charge is 0.493 e. The molecule has 3 aromatic rings. The molecule has 3 rings (SSSR count). The fourth-order valence-electron chi connectivity index (χ4n) is 2.75. The Kier molecular flexibility index (Phi) is 7.16. The lowest BCUT2D eigenvalue weighted by atomic mass is 10.0. The molecule has 0 atom stereocenters. The van der Waals surface area contributed by atoms with E-state index in [2.05, 4.69) is 4.98 Å². The number of pyridine rings is 1. The normalized spacial score (nSPS) is 10.7. The van der Waals surface area contributed by atoms with Crippen LogP contribution in [0.25, 0.3) is 22.0 Å². The standard InChI is InChI=1S/C19H17NO5.H2O4S/c1-23-15-9-12(10-16(24-2)18(15)25-3)17-13-7-5-4-6-11(13)8-14(20-17)19(21)22;1-5(2,3)4/h4-10H,1-3H3,(H,21,22);(H2,1,2,3,4). The number of ether oxygens (including phenoxy) is 3. The van der Waals surface area contributed by atoms with E-state index in [0.29, 0.717) is 28.5 Å². The number of carbonyl (C=O) groups is 1. The number of hydrogen-bond acceptors (Lipinski definition) is 7. The number of hydrogen-bond donors (Lipinski definition) is 3. The van der Waals surface area contributed by atoms with E-state index in [4.69, 9.17) is 31.7 Å². The van der Waals surface area contributed by atoms with Crippen LogP contribution in [0.2, 0.25) is 0 Å². The Morgan fingerprint density at radius 1 is 0.933 bits per heavy atom. The lowest BCUT2D eigenvalue weighted by Gasteiger charge is -2.15. The number of nitrogens with zero attached hydrogens (tertiary/aromatic N) is 1. The van der Waals surface area contributed by atoms with Crippen molar-refractivity contribution in [3.05, 3.63) is 48.2 Å². The predicted octanol–water partition coefficient (Wildman–Crippen LogP) is 2.97. The lowest BCUT2D eigenvalue weighted by Crippen LogP contribution is -2.02. The quantitative estimate of drug-likeness (QED) is 0.508. The van der Waals surface area contributed by atoms with Gasteiger partial charge in [-0.3, -0.25) is 9.11 Å². The Morgan fingerprint density at radius 2 is 1.47 bits per heavy atom. The second-order valence-electron chi connectivity index (χ2n) is 5.74. The number of aromatic nitrogens is 1. The van der Waals surface area contributed by atoms with Crippen molar-refractivity contribution < 1.29 is 41.6 Å². The highest BCUT2D eigenvalue weighted by Crippen LogP contribution is 2.42. The summed E-state index contributed by atoms with van der Waals surface area (Å²) in [4.78, 5) is 15.8. The lowest BCUT2D eigenvalue weighted by molar-refractivity contribution is 0.0690. The van der Waals surface area contributed by atoms with Crippen LogP contribution in [-0.2, 0) is 10.4 Å². The van der Waals surface area contributed by atoms with E-state index in [-0.39, 0.29) is 5.69 Å². The maximum absolute atomic E-state index is 11.4. The first kappa shape index (κ1) is 22.9. The molecule has 0 amide bonds. The summed E-state index contributed by atoms with van der Waals surface area (Å²) in [6.07, 6.45) is 0. The van der Waals surface area contributed by atoms with E-state index < -0.39 is 16.4 Å². The average molecular weight is 437 g/mol. The minimum Gasteiger partial charge on any atom is -0.493 e. The fraction of sp³-hybridized carbons (Fsp3) is 0.158. The van der Waals surface area contributed by atoms with Crippen molar-refractivity contribution in [1.82, 2.24) is 4.98 Å². The molecule has 1 aromatic heterocycles. The zero-order valence-corrected chi connectivity index (χ0v) is 17.0. The smallest absolute Gasteiger partial charge is 0.394 e. The molecule has 0 saturated heterocycles. The summed E-state index contributed by atoms with van der Waals surface area (Å²) in [5.74, 6) is 0.332. The molecule has 0 bridgehead atoms. The molecule has 1 heterocycles. The first-order chi connectivity index (χ1) is 14.1. The minimum atomic E-state index is -4.67. The van der Waals surface area contributed by atoms with Gasteiger partial charge in [-0.1, -0.05) is 24.3 Å². The third-order valence-corrected chi connectivity index (χ3v) is 3.90. The highest BCUT2D eigenvalue weighted by atomic mass is 32.3. The molecule has 30 heavy (non-hydrogen) atoms. The van der Waals surface area contributed by atoms with Gasteiger partial charge in [0.05, 0.1) is 27.0 Å². The molecule has 0 spiro atoms. The summed E-state index contributed by atoms with van der Waals surface area (Å²) in [7, 11) is -0.0840. The average Bonchev–Trinajstić information content (AvgIpc) is 2.70. The predicted molar refractivity (Wildman–Crippen MR) is 108 cm³/mol. The third kappa shape index (κ3) is 5.56. The van der Waals surface area contributed by atoms with E-state index in [9.17, 15) is 9.90 Å². The highest BCUT2D eigenvalue weighted by molar-refractivity contribution is 7.79. The number of fused-ring (bicyclic) bond motifs is 1. The topological polar surface area (TPSA) is 152 Å². The summed E-state index contributed by atoms with van der Waals surface area (Å²) >= 11 is 0. The Labute approximate surface area is 172 Å². The van der Waals surface area contributed by atoms with Gasteiger partial charge in [0.1, 0.15) is 5.69 Å². The van der Waals surface area contributed by atoms with Gasteiger partial charge < -0.3 is 19.3 Å². The zero-order chi connectivity index (χ0) is 22.5. The number of benzene rings is 2. The van der Waals surface area contributed by atoms with E-state index in [1.165, 1.54) is 21.3 Å². The molecule has 0 unspecified atom stereocenters. The van der Waals surface area contributed by atoms with E-state index >= 15 is 0 Å². The molecule has 0 aliphatic carbocycles. The van der Waals surface area contributed by atoms with Gasteiger partial charge in [-0.15, -0.1) is 0 Å². The van der Waals surface area contributed by atoms with Crippen LogP contribution in [0.1, 0.15) is 10.5 Å². The number of aromatic carboxylic acids is 1. The van der Waals surface area contributed by atoms with Crippen LogP contribution in [-0.4, -0.2) is 54.9 Å². The van der Waals surface area contributed by atoms with Crippen molar-refractivity contribution in [3.63, 3.8) is 0 Å². The summed E-state index contributed by atoms with van der Waals surface area (Å²) in [6.45, 7) is 0. The van der Waals surface area contributed by atoms with Crippen molar-refractivity contribution >= 4 is 27.1 Å². The van der Waals surface area contributed by atoms with Crippen LogP contribution in [0, 0.1) is 0 Å². The first-order valence-electron chi connectivity index (χ1n) is 8.22. The number of rotatable bonds is 5. The minimum absolute atomic E-state index is 0.0255. The Morgan fingerprint density at radius 3 is 1.93 bits per heavy atom. The van der Waals surface area contributed by atoms with E-state index in [1.807, 2.05) is 24.3 Å². The zero-order valence-electron chi connectivity index (χ0n) is 16.2. The molecule has 11 heteroatoms. The maximum Gasteiger partial charge on any atom is 0.394 e. The SMILES string of the molecule is COc1cc(-c2nc(C(=O)O)cc3ccccc23)cc(OC)c1OC.O=S(=O)(O)O. The van der Waals surface area contributed by atoms with Crippen molar-refractivity contribution in [2.24, 2.45) is 0 Å². The molecule has 0 radical (unpaired) electrons. The molecule has 0 fully saturated rings. The summed E-state index contributed by atoms with van der Waals surface area (Å²) in [6, 6.07) is 12.5. The van der Waals surface area contributed by atoms with Crippen LogP contribution in [0.15, 0.2) is 42.5 Å². The van der Waals surface area contributed by atoms with Crippen LogP contribution in [0.4, 0.5) is 0 Å². The molecular weight excluding hydrogens is 418 g/mol. The molecule has 0 aliphatic heterocycles. The second-order valence-corrected chi connectivity index (χ2v) is 6.64. The summed E-state index contributed by atoms with van der Waals surface area (Å²) < 4.78 is 47.7. The molecule has 0 aliphatic rings. The van der Waals surface area contributed by atoms with Gasteiger partial charge in [0.25, 0.3) is 0 Å². The van der Waals surface area contributed by atoms with Crippen molar-refractivity contribution in [3.8, 4) is 28.5 Å². The van der Waals surface area contributed by atoms with Gasteiger partial charge >= 0.3 is 16.4 Å². The molecule has 2 aromatic carbocycles. The molecule has 10 nitrogen and oxygen atoms in total. The second kappa shape index (κ2) is 9.39. The monoisotopic (exact) mass is 437 g/mol. The summed E-state index contributed by atoms with van der Waals surface area (Å²) in [5.41, 5.74) is 1.19. The number of carboxylic acid groups (broad SMARTS) is 1. The van der Waals surface area contributed by atoms with Gasteiger partial charge in [-0.2, -0.15) is 8.42 Å². The van der Waals surface area contributed by atoms with Gasteiger partial charge in [-0.05, 0) is 23.6 Å². The van der Waals surface area contributed by atoms with E-state index in [1.54, 1.807) is 18.2 Å². The van der Waals surface area contributed by atoms with E-state index in [0.717, 1.165) is 10.8 Å². The first-order valence-corrected chi connectivity index (χ1v) is 9.62. The molecule has 3 N–H and O–H groups in total. The van der Waals surface area contributed by atoms with Crippen molar-refractivity contribution in [2.75, 3.05) is 21.3 Å².